The second-order valence-electron chi connectivity index (χ2n) is 22.2. The Morgan fingerprint density at radius 1 is 0.239 bits per heavy atom. The van der Waals surface area contributed by atoms with E-state index in [1.807, 2.05) is 91.0 Å². The second kappa shape index (κ2) is 21.0. The van der Waals surface area contributed by atoms with Crippen LogP contribution in [-0.4, -0.2) is 41.2 Å². The lowest BCUT2D eigenvalue weighted by Crippen LogP contribution is -2.61. The lowest BCUT2D eigenvalue weighted by atomic mass is 9.33. The first kappa shape index (κ1) is 50.6. The van der Waals surface area contributed by atoms with Crippen molar-refractivity contribution in [2.24, 2.45) is 0 Å². The van der Waals surface area contributed by atoms with E-state index in [-0.39, 0.29) is 6.71 Å². The predicted molar refractivity (Wildman–Crippen MR) is 360 cm³/mol. The summed E-state index contributed by atoms with van der Waals surface area (Å²) in [7, 11) is 0. The van der Waals surface area contributed by atoms with E-state index in [4.69, 9.17) is 29.9 Å². The van der Waals surface area contributed by atoms with Crippen LogP contribution in [0.25, 0.3) is 107 Å². The third-order valence-electron chi connectivity index (χ3n) is 17.1. The molecule has 17 rings (SSSR count). The lowest BCUT2D eigenvalue weighted by Gasteiger charge is -2.44. The second-order valence-corrected chi connectivity index (χ2v) is 22.2. The Kier molecular flexibility index (Phi) is 12.1. The normalized spacial score (nSPS) is 12.2. The number of nitrogens with zero attached hydrogens (tertiary/aromatic N) is 9. The molecular formula is C78H50BN9. The molecule has 10 heteroatoms. The fraction of sp³-hybridized carbons (Fsp3) is 0. The molecule has 15 aromatic rings. The summed E-state index contributed by atoms with van der Waals surface area (Å²) in [6.45, 7) is 0.0770. The molecule has 0 atom stereocenters. The molecule has 0 aliphatic carbocycles. The van der Waals surface area contributed by atoms with Gasteiger partial charge < -0.3 is 14.4 Å². The standard InChI is InChI=1S/C78H50BN9/c1-5-22-53(23-6-1)73-80-74(54-24-7-2-8-25-54)83-77(82-73)57-46-49-67(88-65-34-17-13-30-60(65)61-31-14-18-35-66(61)88)62(50-57)78-84-75(55-26-9-3-10-27-55)81-76(85-78)56-42-40-51(41-43-56)52-44-47-59(48-45-52)87-69-37-20-16-33-64(69)79-63-32-15-19-36-68(63)86(58-28-11-4-12-29-58)70-38-21-39-71(87)72(70)79/h1-50H. The fourth-order valence-corrected chi connectivity index (χ4v) is 13.1. The topological polar surface area (TPSA) is 88.8 Å². The highest BCUT2D eigenvalue weighted by Gasteiger charge is 2.42. The van der Waals surface area contributed by atoms with Gasteiger partial charge in [0.25, 0.3) is 6.71 Å². The van der Waals surface area contributed by atoms with Gasteiger partial charge in [-0.3, -0.25) is 0 Å². The zero-order chi connectivity index (χ0) is 58.1. The van der Waals surface area contributed by atoms with Crippen molar-refractivity contribution in [3.8, 4) is 85.1 Å². The molecule has 0 saturated heterocycles. The summed E-state index contributed by atoms with van der Waals surface area (Å²) in [5, 5.41) is 2.29. The molecule has 0 N–H and O–H groups in total. The Hall–Kier alpha value is -11.9. The van der Waals surface area contributed by atoms with Crippen molar-refractivity contribution in [1.29, 1.82) is 0 Å². The first-order chi connectivity index (χ1) is 43.6. The molecule has 3 aromatic heterocycles. The van der Waals surface area contributed by atoms with Crippen LogP contribution in [0.1, 0.15) is 0 Å². The summed E-state index contributed by atoms with van der Waals surface area (Å²) >= 11 is 0. The monoisotopic (exact) mass is 1120 g/mol. The average Bonchev–Trinajstić information content (AvgIpc) is 0.900. The van der Waals surface area contributed by atoms with Gasteiger partial charge in [-0.2, -0.15) is 0 Å². The maximum Gasteiger partial charge on any atom is 0.252 e. The van der Waals surface area contributed by atoms with Gasteiger partial charge in [0.05, 0.1) is 16.7 Å². The summed E-state index contributed by atoms with van der Waals surface area (Å²) in [6.07, 6.45) is 0. The number of fused-ring (bicyclic) bond motifs is 7. The van der Waals surface area contributed by atoms with Gasteiger partial charge in [0.1, 0.15) is 0 Å². The van der Waals surface area contributed by atoms with Gasteiger partial charge in [0.15, 0.2) is 34.9 Å². The summed E-state index contributed by atoms with van der Waals surface area (Å²) in [5.74, 6) is 3.29. The molecule has 2 aliphatic rings. The van der Waals surface area contributed by atoms with Gasteiger partial charge in [0, 0.05) is 78.3 Å². The third-order valence-corrected chi connectivity index (χ3v) is 17.1. The Morgan fingerprint density at radius 3 is 1.09 bits per heavy atom. The van der Waals surface area contributed by atoms with Crippen LogP contribution in [-0.2, 0) is 0 Å². The highest BCUT2D eigenvalue weighted by atomic mass is 15.2. The molecule has 88 heavy (non-hydrogen) atoms. The van der Waals surface area contributed by atoms with Crippen LogP contribution in [0.15, 0.2) is 303 Å². The molecule has 0 unspecified atom stereocenters. The van der Waals surface area contributed by atoms with Gasteiger partial charge >= 0.3 is 0 Å². The lowest BCUT2D eigenvalue weighted by molar-refractivity contribution is 1.06. The van der Waals surface area contributed by atoms with Crippen molar-refractivity contribution in [3.05, 3.63) is 303 Å². The number of aromatic nitrogens is 7. The van der Waals surface area contributed by atoms with Crippen LogP contribution < -0.4 is 26.2 Å². The number of hydrogen-bond donors (Lipinski definition) is 0. The van der Waals surface area contributed by atoms with E-state index in [0.717, 1.165) is 83.4 Å². The molecule has 410 valence electrons. The Balaban J connectivity index is 0.780. The summed E-state index contributed by atoms with van der Waals surface area (Å²) in [6, 6.07) is 107. The smallest absolute Gasteiger partial charge is 0.252 e. The van der Waals surface area contributed by atoms with Crippen LogP contribution in [0.4, 0.5) is 34.1 Å². The first-order valence-corrected chi connectivity index (χ1v) is 29.6. The van der Waals surface area contributed by atoms with Crippen LogP contribution in [0.5, 0.6) is 0 Å². The zero-order valence-corrected chi connectivity index (χ0v) is 47.5. The highest BCUT2D eigenvalue weighted by molar-refractivity contribution is 7.00. The average molecular weight is 1120 g/mol. The summed E-state index contributed by atoms with van der Waals surface area (Å²) in [5.41, 5.74) is 21.1. The first-order valence-electron chi connectivity index (χ1n) is 29.6. The molecule has 5 heterocycles. The van der Waals surface area contributed by atoms with Crippen LogP contribution in [0, 0.1) is 0 Å². The Morgan fingerprint density at radius 2 is 0.591 bits per heavy atom. The van der Waals surface area contributed by atoms with Crippen molar-refractivity contribution >= 4 is 79.0 Å². The quantitative estimate of drug-likeness (QED) is 0.125. The van der Waals surface area contributed by atoms with Crippen molar-refractivity contribution in [2.45, 2.75) is 0 Å². The SMILES string of the molecule is c1ccc(-c2nc(-c3ccccc3)nc(-c3ccc(-n4c5ccccc5c5ccccc54)c(-c4nc(-c5ccccc5)nc(-c5ccc(-c6ccc(N7c8ccccc8B8c9ccccc9N(c9ccccc9)c9cccc7c98)cc6)cc5)n4)c3)n2)cc1. The van der Waals surface area contributed by atoms with Gasteiger partial charge in [-0.1, -0.05) is 224 Å². The molecule has 0 radical (unpaired) electrons. The molecule has 0 spiro atoms. The molecule has 12 aromatic carbocycles. The van der Waals surface area contributed by atoms with Gasteiger partial charge in [-0.15, -0.1) is 0 Å². The molecule has 9 nitrogen and oxygen atoms in total. The minimum Gasteiger partial charge on any atom is -0.311 e. The molecule has 0 amide bonds. The van der Waals surface area contributed by atoms with E-state index in [1.54, 1.807) is 0 Å². The Labute approximate surface area is 509 Å². The third kappa shape index (κ3) is 8.56. The number of benzene rings is 12. The van der Waals surface area contributed by atoms with Crippen molar-refractivity contribution < 1.29 is 0 Å². The predicted octanol–water partition coefficient (Wildman–Crippen LogP) is 16.9. The van der Waals surface area contributed by atoms with Crippen molar-refractivity contribution in [3.63, 3.8) is 0 Å². The molecule has 0 fully saturated rings. The minimum absolute atomic E-state index is 0.0770. The number of anilines is 6. The van der Waals surface area contributed by atoms with Crippen molar-refractivity contribution in [1.82, 2.24) is 34.5 Å². The van der Waals surface area contributed by atoms with Crippen LogP contribution in [0.3, 0.4) is 0 Å². The molecule has 2 aliphatic heterocycles. The van der Waals surface area contributed by atoms with Gasteiger partial charge in [0.2, 0.25) is 0 Å². The summed E-state index contributed by atoms with van der Waals surface area (Å²) in [4.78, 5) is 36.3. The van der Waals surface area contributed by atoms with Gasteiger partial charge in [-0.25, -0.2) is 29.9 Å². The zero-order valence-electron chi connectivity index (χ0n) is 47.5. The largest absolute Gasteiger partial charge is 0.311 e. The van der Waals surface area contributed by atoms with Crippen molar-refractivity contribution in [2.75, 3.05) is 9.80 Å². The number of rotatable bonds is 10. The van der Waals surface area contributed by atoms with E-state index in [2.05, 4.69) is 227 Å². The van der Waals surface area contributed by atoms with E-state index in [9.17, 15) is 0 Å². The van der Waals surface area contributed by atoms with E-state index in [0.29, 0.717) is 34.9 Å². The molecule has 0 bridgehead atoms. The molecular weight excluding hydrogens is 1070 g/mol. The summed E-state index contributed by atoms with van der Waals surface area (Å²) < 4.78 is 2.32. The van der Waals surface area contributed by atoms with E-state index < -0.39 is 0 Å². The van der Waals surface area contributed by atoms with Crippen LogP contribution in [0.2, 0.25) is 0 Å². The Bertz CT molecular complexity index is 5050. The van der Waals surface area contributed by atoms with E-state index >= 15 is 0 Å². The van der Waals surface area contributed by atoms with Gasteiger partial charge in [-0.05, 0) is 106 Å². The number of para-hydroxylation sites is 5. The fourth-order valence-electron chi connectivity index (χ4n) is 13.1. The number of hydrogen-bond acceptors (Lipinski definition) is 8. The maximum absolute atomic E-state index is 5.46. The maximum atomic E-state index is 5.46. The highest BCUT2D eigenvalue weighted by Crippen LogP contribution is 2.45. The minimum atomic E-state index is 0.0770. The van der Waals surface area contributed by atoms with E-state index in [1.165, 1.54) is 39.1 Å². The van der Waals surface area contributed by atoms with Crippen LogP contribution >= 0.6 is 0 Å². The molecule has 0 saturated carbocycles.